The molecule has 0 fully saturated rings. The lowest BCUT2D eigenvalue weighted by molar-refractivity contribution is -0.135. The molecule has 0 aliphatic rings. The largest absolute Gasteiger partial charge is 0.424 e. The number of nitrogens with two attached hydrogens (primary N) is 2. The molecule has 5 N–H and O–H groups in total. The fraction of sp³-hybridized carbons (Fsp3) is 0.458. The molecule has 0 atom stereocenters. The Balaban J connectivity index is 1.76. The van der Waals surface area contributed by atoms with Gasteiger partial charge in [-0.3, -0.25) is 9.59 Å². The Hall–Kier alpha value is -3.49. The molecule has 1 amide bonds. The molecule has 1 heterocycles. The van der Waals surface area contributed by atoms with Crippen molar-refractivity contribution in [2.45, 2.75) is 12.8 Å². The van der Waals surface area contributed by atoms with Gasteiger partial charge < -0.3 is 40.5 Å². The average molecular weight is 519 g/mol. The van der Waals surface area contributed by atoms with Crippen molar-refractivity contribution in [3.8, 4) is 5.75 Å². The quantitative estimate of drug-likeness (QED) is 0.115. The van der Waals surface area contributed by atoms with Crippen molar-refractivity contribution >= 4 is 34.9 Å². The van der Waals surface area contributed by atoms with E-state index >= 15 is 0 Å². The third-order valence-electron chi connectivity index (χ3n) is 4.52. The highest BCUT2D eigenvalue weighted by molar-refractivity contribution is 5.90. The van der Waals surface area contributed by atoms with E-state index in [0.29, 0.717) is 45.3 Å². The Labute approximate surface area is 215 Å². The van der Waals surface area contributed by atoms with E-state index in [2.05, 4.69) is 20.5 Å². The predicted molar refractivity (Wildman–Crippen MR) is 136 cm³/mol. The summed E-state index contributed by atoms with van der Waals surface area (Å²) in [6, 6.07) is 9.80. The third-order valence-corrected chi connectivity index (χ3v) is 4.52. The fourth-order valence-electron chi connectivity index (χ4n) is 2.71. The van der Waals surface area contributed by atoms with Gasteiger partial charge in [-0.05, 0) is 24.3 Å². The highest BCUT2D eigenvalue weighted by Crippen LogP contribution is 2.30. The van der Waals surface area contributed by atoms with Crippen LogP contribution in [-0.2, 0) is 28.5 Å². The van der Waals surface area contributed by atoms with Crippen LogP contribution in [0.15, 0.2) is 46.6 Å². The normalized spacial score (nSPS) is 11.1. The van der Waals surface area contributed by atoms with E-state index in [0.717, 1.165) is 0 Å². The Morgan fingerprint density at radius 1 is 0.865 bits per heavy atom. The van der Waals surface area contributed by atoms with Gasteiger partial charge in [0.05, 0.1) is 52.7 Å². The van der Waals surface area contributed by atoms with Crippen LogP contribution in [0.4, 0.5) is 23.0 Å². The lowest BCUT2D eigenvalue weighted by Gasteiger charge is -2.08. The van der Waals surface area contributed by atoms with E-state index in [1.165, 1.54) is 0 Å². The van der Waals surface area contributed by atoms with Crippen molar-refractivity contribution in [1.29, 1.82) is 0 Å². The van der Waals surface area contributed by atoms with Crippen molar-refractivity contribution in [3.05, 3.63) is 36.4 Å². The lowest BCUT2D eigenvalue weighted by Crippen LogP contribution is -2.17. The topological polar surface area (TPSA) is 182 Å². The number of anilines is 2. The maximum atomic E-state index is 12.2. The minimum Gasteiger partial charge on any atom is -0.424 e. The first kappa shape index (κ1) is 29.7. The van der Waals surface area contributed by atoms with Crippen LogP contribution < -0.4 is 21.5 Å². The minimum atomic E-state index is -0.478. The van der Waals surface area contributed by atoms with Gasteiger partial charge in [0, 0.05) is 20.1 Å². The molecular formula is C24H34N6O7. The summed E-state index contributed by atoms with van der Waals surface area (Å²) in [4.78, 5) is 28.0. The summed E-state index contributed by atoms with van der Waals surface area (Å²) >= 11 is 0. The number of esters is 1. The first-order valence-electron chi connectivity index (χ1n) is 11.7. The van der Waals surface area contributed by atoms with Gasteiger partial charge in [0.25, 0.3) is 0 Å². The van der Waals surface area contributed by atoms with Gasteiger partial charge in [-0.25, -0.2) is 4.98 Å². The van der Waals surface area contributed by atoms with Crippen LogP contribution in [0.3, 0.4) is 0 Å². The van der Waals surface area contributed by atoms with Gasteiger partial charge in [-0.2, -0.15) is 0 Å². The Morgan fingerprint density at radius 3 is 2.19 bits per heavy atom. The molecule has 0 bridgehead atoms. The highest BCUT2D eigenvalue weighted by Gasteiger charge is 2.10. The first-order chi connectivity index (χ1) is 18.0. The Kier molecular flexibility index (Phi) is 14.4. The van der Waals surface area contributed by atoms with Gasteiger partial charge in [0.1, 0.15) is 17.2 Å². The smallest absolute Gasteiger partial charge is 0.313 e. The molecule has 2 aromatic rings. The molecule has 2 rings (SSSR count). The number of nitrogens with one attached hydrogen (secondary N) is 1. The van der Waals surface area contributed by atoms with Crippen molar-refractivity contribution in [2.24, 2.45) is 16.0 Å². The molecule has 0 radical (unpaired) electrons. The number of amides is 1. The molecule has 1 aromatic heterocycles. The van der Waals surface area contributed by atoms with Crippen molar-refractivity contribution in [2.75, 3.05) is 71.0 Å². The number of methoxy groups -OCH3 is 1. The molecule has 202 valence electrons. The molecule has 1 aromatic carbocycles. The number of nitrogen functional groups attached to an aromatic ring is 1. The summed E-state index contributed by atoms with van der Waals surface area (Å²) in [6.45, 7) is 3.17. The summed E-state index contributed by atoms with van der Waals surface area (Å²) in [5.74, 6) is -0.148. The van der Waals surface area contributed by atoms with Crippen LogP contribution in [0.2, 0.25) is 0 Å². The predicted octanol–water partition coefficient (Wildman–Crippen LogP) is 2.36. The number of para-hydroxylation sites is 1. The summed E-state index contributed by atoms with van der Waals surface area (Å²) < 4.78 is 26.3. The van der Waals surface area contributed by atoms with Crippen molar-refractivity contribution in [3.63, 3.8) is 0 Å². The van der Waals surface area contributed by atoms with E-state index in [1.54, 1.807) is 43.5 Å². The summed E-state index contributed by atoms with van der Waals surface area (Å²) in [7, 11) is 1.61. The molecule has 0 saturated carbocycles. The number of carbonyl (C=O) groups is 2. The molecule has 13 heteroatoms. The number of nitrogens with zero attached hydrogens (tertiary/aromatic N) is 3. The number of ether oxygens (including phenoxy) is 5. The monoisotopic (exact) mass is 518 g/mol. The molecule has 0 unspecified atom stereocenters. The minimum absolute atomic E-state index is 0.0554. The number of carbonyl (C=O) groups excluding carboxylic acids is 2. The number of benzene rings is 1. The number of pyridine rings is 1. The SMILES string of the molecule is COCCOCCOCCOCCC(=O)Oc1ccccc1N=Nc1ccc(NC(=O)CCN)nc1N. The second-order valence-corrected chi connectivity index (χ2v) is 7.41. The van der Waals surface area contributed by atoms with E-state index < -0.39 is 5.97 Å². The molecule has 0 aliphatic heterocycles. The second kappa shape index (κ2) is 17.9. The standard InChI is InChI=1S/C24H34N6O7/c1-33-12-13-35-16-17-36-15-14-34-11-9-23(32)37-20-5-3-2-4-18(20)29-30-19-6-7-21(28-24(19)26)27-22(31)8-10-25/h2-7H,8-17,25H2,1H3,(H3,26,27,28,31). The zero-order chi connectivity index (χ0) is 26.7. The van der Waals surface area contributed by atoms with E-state index in [1.807, 2.05) is 0 Å². The molecule has 0 spiro atoms. The summed E-state index contributed by atoms with van der Waals surface area (Å²) in [5, 5.41) is 10.8. The molecule has 0 aliphatic carbocycles. The number of rotatable bonds is 18. The number of hydrogen-bond donors (Lipinski definition) is 3. The van der Waals surface area contributed by atoms with Crippen molar-refractivity contribution in [1.82, 2.24) is 4.98 Å². The van der Waals surface area contributed by atoms with Crippen LogP contribution in [0.25, 0.3) is 0 Å². The highest BCUT2D eigenvalue weighted by atomic mass is 16.6. The zero-order valence-electron chi connectivity index (χ0n) is 20.9. The third kappa shape index (κ3) is 12.3. The van der Waals surface area contributed by atoms with E-state index in [4.69, 9.17) is 35.2 Å². The molecule has 13 nitrogen and oxygen atoms in total. The second-order valence-electron chi connectivity index (χ2n) is 7.41. The maximum Gasteiger partial charge on any atom is 0.313 e. The van der Waals surface area contributed by atoms with Gasteiger partial charge in [-0.15, -0.1) is 10.2 Å². The van der Waals surface area contributed by atoms with Crippen LogP contribution in [-0.4, -0.2) is 76.8 Å². The molecule has 37 heavy (non-hydrogen) atoms. The van der Waals surface area contributed by atoms with Gasteiger partial charge in [-0.1, -0.05) is 12.1 Å². The molecule has 0 saturated heterocycles. The van der Waals surface area contributed by atoms with Crippen LogP contribution in [0, 0.1) is 0 Å². The van der Waals surface area contributed by atoms with Crippen LogP contribution >= 0.6 is 0 Å². The number of azo groups is 1. The maximum absolute atomic E-state index is 12.2. The lowest BCUT2D eigenvalue weighted by atomic mass is 10.3. The van der Waals surface area contributed by atoms with Crippen LogP contribution in [0.1, 0.15) is 12.8 Å². The number of hydrogen-bond acceptors (Lipinski definition) is 12. The van der Waals surface area contributed by atoms with Crippen LogP contribution in [0.5, 0.6) is 5.75 Å². The summed E-state index contributed by atoms with van der Waals surface area (Å²) in [5.41, 5.74) is 11.9. The first-order valence-corrected chi connectivity index (χ1v) is 11.7. The zero-order valence-corrected chi connectivity index (χ0v) is 20.9. The Morgan fingerprint density at radius 2 is 1.51 bits per heavy atom. The van der Waals surface area contributed by atoms with E-state index in [9.17, 15) is 9.59 Å². The van der Waals surface area contributed by atoms with E-state index in [-0.39, 0.29) is 55.0 Å². The van der Waals surface area contributed by atoms with Gasteiger partial charge in [0.2, 0.25) is 5.91 Å². The van der Waals surface area contributed by atoms with Crippen molar-refractivity contribution < 1.29 is 33.3 Å². The van der Waals surface area contributed by atoms with Gasteiger partial charge >= 0.3 is 5.97 Å². The van der Waals surface area contributed by atoms with Gasteiger partial charge in [0.15, 0.2) is 11.6 Å². The summed E-state index contributed by atoms with van der Waals surface area (Å²) in [6.07, 6.45) is 0.227. The average Bonchev–Trinajstić information content (AvgIpc) is 2.88. The molecular weight excluding hydrogens is 484 g/mol. The number of aromatic nitrogens is 1. The Bertz CT molecular complexity index is 1010. The fourth-order valence-corrected chi connectivity index (χ4v) is 2.71.